The number of halogens is 2. The lowest BCUT2D eigenvalue weighted by molar-refractivity contribution is 0.0672. The zero-order chi connectivity index (χ0) is 17.1. The first-order valence-corrected chi connectivity index (χ1v) is 8.07. The molecule has 1 unspecified atom stereocenters. The van der Waals surface area contributed by atoms with E-state index in [4.69, 9.17) is 0 Å². The van der Waals surface area contributed by atoms with E-state index in [0.29, 0.717) is 6.54 Å². The third-order valence-electron chi connectivity index (χ3n) is 4.50. The number of rotatable bonds is 5. The summed E-state index contributed by atoms with van der Waals surface area (Å²) in [6.45, 7) is 4.35. The van der Waals surface area contributed by atoms with Gasteiger partial charge in [0.15, 0.2) is 0 Å². The van der Waals surface area contributed by atoms with Crippen LogP contribution in [0.25, 0.3) is 0 Å². The molecular weight excluding hydrogens is 314 g/mol. The zero-order valence-corrected chi connectivity index (χ0v) is 13.7. The van der Waals surface area contributed by atoms with Gasteiger partial charge in [-0.2, -0.15) is 0 Å². The predicted octanol–water partition coefficient (Wildman–Crippen LogP) is 1.55. The van der Waals surface area contributed by atoms with Crippen molar-refractivity contribution in [1.82, 2.24) is 19.4 Å². The van der Waals surface area contributed by atoms with Crippen LogP contribution < -0.4 is 0 Å². The van der Waals surface area contributed by atoms with Gasteiger partial charge in [0.25, 0.3) is 0 Å². The van der Waals surface area contributed by atoms with E-state index >= 15 is 0 Å². The Hall–Kier alpha value is -1.83. The molecule has 2 heterocycles. The van der Waals surface area contributed by atoms with Gasteiger partial charge < -0.3 is 9.67 Å². The molecule has 1 aliphatic rings. The highest BCUT2D eigenvalue weighted by Crippen LogP contribution is 2.20. The van der Waals surface area contributed by atoms with Gasteiger partial charge in [0.05, 0.1) is 12.6 Å². The largest absolute Gasteiger partial charge is 0.387 e. The van der Waals surface area contributed by atoms with Crippen molar-refractivity contribution in [2.45, 2.75) is 12.6 Å². The summed E-state index contributed by atoms with van der Waals surface area (Å²) in [5.41, 5.74) is 0.0189. The van der Waals surface area contributed by atoms with Crippen molar-refractivity contribution in [1.29, 1.82) is 0 Å². The van der Waals surface area contributed by atoms with Gasteiger partial charge in [-0.25, -0.2) is 13.8 Å². The number of aliphatic hydroxyl groups is 1. The summed E-state index contributed by atoms with van der Waals surface area (Å²) in [6, 6.07) is 3.18. The molecule has 1 fully saturated rings. The van der Waals surface area contributed by atoms with Gasteiger partial charge in [-0.05, 0) is 18.2 Å². The fraction of sp³-hybridized carbons (Fsp3) is 0.471. The van der Waals surface area contributed by atoms with Crippen molar-refractivity contribution in [3.05, 3.63) is 53.6 Å². The summed E-state index contributed by atoms with van der Waals surface area (Å²) in [4.78, 5) is 8.70. The molecule has 1 N–H and O–H groups in total. The third-order valence-corrected chi connectivity index (χ3v) is 4.50. The van der Waals surface area contributed by atoms with E-state index in [2.05, 4.69) is 14.8 Å². The minimum absolute atomic E-state index is 0.0189. The van der Waals surface area contributed by atoms with Crippen LogP contribution in [0, 0.1) is 11.6 Å². The van der Waals surface area contributed by atoms with Gasteiger partial charge in [-0.1, -0.05) is 0 Å². The molecular formula is C17H22F2N4O. The highest BCUT2D eigenvalue weighted by atomic mass is 19.1. The molecule has 0 aliphatic carbocycles. The van der Waals surface area contributed by atoms with E-state index in [9.17, 15) is 13.9 Å². The summed E-state index contributed by atoms with van der Waals surface area (Å²) in [5.74, 6) is -0.0898. The number of hydrogen-bond acceptors (Lipinski definition) is 4. The van der Waals surface area contributed by atoms with Crippen molar-refractivity contribution in [2.24, 2.45) is 7.05 Å². The lowest BCUT2D eigenvalue weighted by Gasteiger charge is -2.35. The molecule has 1 atom stereocenters. The molecule has 24 heavy (non-hydrogen) atoms. The van der Waals surface area contributed by atoms with E-state index in [1.165, 1.54) is 0 Å². The first kappa shape index (κ1) is 17.0. The second-order valence-electron chi connectivity index (χ2n) is 6.21. The highest BCUT2D eigenvalue weighted by molar-refractivity contribution is 5.21. The topological polar surface area (TPSA) is 44.5 Å². The maximum absolute atomic E-state index is 13.7. The van der Waals surface area contributed by atoms with Gasteiger partial charge in [-0.15, -0.1) is 0 Å². The van der Waals surface area contributed by atoms with Crippen molar-refractivity contribution >= 4 is 0 Å². The van der Waals surface area contributed by atoms with E-state index in [-0.39, 0.29) is 5.56 Å². The van der Waals surface area contributed by atoms with Crippen LogP contribution >= 0.6 is 0 Å². The zero-order valence-electron chi connectivity index (χ0n) is 13.7. The summed E-state index contributed by atoms with van der Waals surface area (Å²) >= 11 is 0. The Labute approximate surface area is 140 Å². The molecule has 130 valence electrons. The Bertz CT molecular complexity index is 683. The number of aryl methyl sites for hydroxylation is 1. The average molecular weight is 336 g/mol. The van der Waals surface area contributed by atoms with Crippen molar-refractivity contribution < 1.29 is 13.9 Å². The minimum Gasteiger partial charge on any atom is -0.387 e. The Morgan fingerprint density at radius 1 is 1.17 bits per heavy atom. The molecule has 0 bridgehead atoms. The molecule has 1 aromatic carbocycles. The van der Waals surface area contributed by atoms with Gasteiger partial charge in [-0.3, -0.25) is 9.80 Å². The van der Waals surface area contributed by atoms with Gasteiger partial charge in [0.1, 0.15) is 17.5 Å². The van der Waals surface area contributed by atoms with Crippen molar-refractivity contribution in [2.75, 3.05) is 32.7 Å². The Morgan fingerprint density at radius 3 is 2.54 bits per heavy atom. The number of piperazine rings is 1. The fourth-order valence-electron chi connectivity index (χ4n) is 2.99. The highest BCUT2D eigenvalue weighted by Gasteiger charge is 2.22. The first-order valence-electron chi connectivity index (χ1n) is 8.07. The molecule has 2 aromatic rings. The molecule has 1 aliphatic heterocycles. The lowest BCUT2D eigenvalue weighted by atomic mass is 10.1. The lowest BCUT2D eigenvalue weighted by Crippen LogP contribution is -2.47. The predicted molar refractivity (Wildman–Crippen MR) is 86.2 cm³/mol. The van der Waals surface area contributed by atoms with Crippen molar-refractivity contribution in [3.63, 3.8) is 0 Å². The molecule has 0 radical (unpaired) electrons. The molecule has 7 heteroatoms. The van der Waals surface area contributed by atoms with Gasteiger partial charge >= 0.3 is 0 Å². The van der Waals surface area contributed by atoms with Crippen LogP contribution in [-0.4, -0.2) is 57.2 Å². The van der Waals surface area contributed by atoms with Crippen LogP contribution in [-0.2, 0) is 13.6 Å². The van der Waals surface area contributed by atoms with Gasteiger partial charge in [0, 0.05) is 57.7 Å². The van der Waals surface area contributed by atoms with E-state index in [1.807, 2.05) is 17.8 Å². The van der Waals surface area contributed by atoms with Crippen LogP contribution in [0.1, 0.15) is 17.5 Å². The Morgan fingerprint density at radius 2 is 1.88 bits per heavy atom. The monoisotopic (exact) mass is 336 g/mol. The average Bonchev–Trinajstić information content (AvgIpc) is 2.96. The number of hydrogen-bond donors (Lipinski definition) is 1. The molecule has 0 spiro atoms. The first-order chi connectivity index (χ1) is 11.5. The number of aliphatic hydroxyl groups excluding tert-OH is 1. The number of imidazole rings is 1. The van der Waals surface area contributed by atoms with E-state index in [1.54, 1.807) is 6.20 Å². The quantitative estimate of drug-likeness (QED) is 0.900. The summed E-state index contributed by atoms with van der Waals surface area (Å²) in [5, 5.41) is 10.2. The molecule has 5 nitrogen and oxygen atoms in total. The maximum Gasteiger partial charge on any atom is 0.129 e. The maximum atomic E-state index is 13.7. The Balaban J connectivity index is 1.51. The second kappa shape index (κ2) is 7.38. The molecule has 0 saturated carbocycles. The summed E-state index contributed by atoms with van der Waals surface area (Å²) < 4.78 is 29.0. The molecule has 3 rings (SSSR count). The molecule has 0 amide bonds. The van der Waals surface area contributed by atoms with Crippen LogP contribution in [0.15, 0.2) is 30.6 Å². The smallest absolute Gasteiger partial charge is 0.129 e. The van der Waals surface area contributed by atoms with Crippen LogP contribution in [0.5, 0.6) is 0 Å². The standard InChI is InChI=1S/C17H22F2N4O/c1-21-5-4-20-17(21)12-23-8-6-22(7-9-23)11-16(24)14-10-13(18)2-3-15(14)19/h2-5,10,16,24H,6-9,11-12H2,1H3. The van der Waals surface area contributed by atoms with E-state index in [0.717, 1.165) is 56.7 Å². The second-order valence-corrected chi connectivity index (χ2v) is 6.21. The molecule has 1 aromatic heterocycles. The fourth-order valence-corrected chi connectivity index (χ4v) is 2.99. The molecule has 1 saturated heterocycles. The third kappa shape index (κ3) is 3.98. The Kier molecular flexibility index (Phi) is 5.23. The summed E-state index contributed by atoms with van der Waals surface area (Å²) in [6.07, 6.45) is 2.69. The number of benzene rings is 1. The van der Waals surface area contributed by atoms with Gasteiger partial charge in [0.2, 0.25) is 0 Å². The minimum atomic E-state index is -1.03. The SMILES string of the molecule is Cn1ccnc1CN1CCN(CC(O)c2cc(F)ccc2F)CC1. The van der Waals surface area contributed by atoms with Crippen molar-refractivity contribution in [3.8, 4) is 0 Å². The van der Waals surface area contributed by atoms with E-state index < -0.39 is 17.7 Å². The summed E-state index contributed by atoms with van der Waals surface area (Å²) in [7, 11) is 1.97. The van der Waals surface area contributed by atoms with Crippen LogP contribution in [0.3, 0.4) is 0 Å². The van der Waals surface area contributed by atoms with Crippen LogP contribution in [0.2, 0.25) is 0 Å². The normalized spacial score (nSPS) is 18.0. The number of β-amino-alcohol motifs (C(OH)–C–C–N with tert-alkyl or cyclic N) is 1. The number of aromatic nitrogens is 2. The number of nitrogens with zero attached hydrogens (tertiary/aromatic N) is 4. The van der Waals surface area contributed by atoms with Crippen LogP contribution in [0.4, 0.5) is 8.78 Å².